The Morgan fingerprint density at radius 3 is 1.40 bits per heavy atom. The number of ether oxygens (including phenoxy) is 6. The first-order chi connectivity index (χ1) is 27.6. The van der Waals surface area contributed by atoms with Gasteiger partial charge < -0.3 is 39.1 Å². The van der Waals surface area contributed by atoms with Gasteiger partial charge in [-0.2, -0.15) is 0 Å². The highest BCUT2D eigenvalue weighted by atomic mass is 32.1. The highest BCUT2D eigenvalue weighted by Gasteiger charge is 2.15. The predicted octanol–water partition coefficient (Wildman–Crippen LogP) is 7.23. The summed E-state index contributed by atoms with van der Waals surface area (Å²) in [5.41, 5.74) is 2.74. The van der Waals surface area contributed by atoms with E-state index >= 15 is 0 Å². The normalized spacial score (nSPS) is 11.2. The zero-order chi connectivity index (χ0) is 40.3. The lowest BCUT2D eigenvalue weighted by molar-refractivity contribution is -0.133. The van der Waals surface area contributed by atoms with Crippen molar-refractivity contribution >= 4 is 89.0 Å². The number of nitrogens with one attached hydrogen (secondary N) is 2. The van der Waals surface area contributed by atoms with Gasteiger partial charge in [-0.15, -0.1) is 0 Å². The second-order valence-corrected chi connectivity index (χ2v) is 14.0. The average Bonchev–Trinajstić information content (AvgIpc) is 3.84. The molecule has 0 aliphatic heterocycles. The molecule has 6 aromatic rings. The van der Waals surface area contributed by atoms with Crippen LogP contribution < -0.4 is 39.1 Å². The molecular formula is C41H36N4O10S2. The molecule has 2 heterocycles. The fraction of sp³-hybridized carbons (Fsp3) is 0.171. The van der Waals surface area contributed by atoms with Crippen LogP contribution in [0.1, 0.15) is 17.5 Å². The first-order valence-corrected chi connectivity index (χ1v) is 18.8. The largest absolute Gasteiger partial charge is 0.497 e. The first kappa shape index (κ1) is 39.9. The Labute approximate surface area is 334 Å². The third-order valence-electron chi connectivity index (χ3n) is 8.05. The van der Waals surface area contributed by atoms with E-state index in [-0.39, 0.29) is 42.5 Å². The molecule has 0 saturated carbocycles. The molecule has 0 radical (unpaired) electrons. The molecule has 2 aromatic heterocycles. The number of hydrogen-bond donors (Lipinski definition) is 2. The van der Waals surface area contributed by atoms with Gasteiger partial charge in [0.1, 0.15) is 24.6 Å². The highest BCUT2D eigenvalue weighted by Crippen LogP contribution is 2.32. The third-order valence-corrected chi connectivity index (χ3v) is 10.0. The molecule has 0 unspecified atom stereocenters. The van der Waals surface area contributed by atoms with Crippen LogP contribution >= 0.6 is 22.7 Å². The number of fused-ring (bicyclic) bond motifs is 2. The van der Waals surface area contributed by atoms with Crippen LogP contribution in [0.5, 0.6) is 34.5 Å². The number of rotatable bonds is 18. The van der Waals surface area contributed by atoms with Gasteiger partial charge >= 0.3 is 11.9 Å². The van der Waals surface area contributed by atoms with Crippen LogP contribution in [-0.4, -0.2) is 75.0 Å². The van der Waals surface area contributed by atoms with Crippen molar-refractivity contribution in [2.45, 2.75) is 6.42 Å². The fourth-order valence-electron chi connectivity index (χ4n) is 5.24. The van der Waals surface area contributed by atoms with Gasteiger partial charge in [-0.05, 0) is 83.9 Å². The van der Waals surface area contributed by atoms with E-state index in [4.69, 9.17) is 28.4 Å². The Bertz CT molecular complexity index is 2340. The maximum Gasteiger partial charge on any atom is 0.330 e. The van der Waals surface area contributed by atoms with Crippen LogP contribution in [0.15, 0.2) is 84.9 Å². The van der Waals surface area contributed by atoms with Gasteiger partial charge in [0, 0.05) is 0 Å². The maximum atomic E-state index is 12.6. The molecule has 6 rings (SSSR count). The summed E-state index contributed by atoms with van der Waals surface area (Å²) in [4.78, 5) is 59.3. The van der Waals surface area contributed by atoms with E-state index in [2.05, 4.69) is 20.6 Å². The number of benzene rings is 4. The molecule has 0 spiro atoms. The molecule has 0 aliphatic rings. The lowest BCUT2D eigenvalue weighted by Gasteiger charge is -2.10. The van der Waals surface area contributed by atoms with Crippen LogP contribution in [0.3, 0.4) is 0 Å². The van der Waals surface area contributed by atoms with E-state index in [0.29, 0.717) is 32.9 Å². The Balaban J connectivity index is 0.961. The summed E-state index contributed by atoms with van der Waals surface area (Å²) >= 11 is 2.77. The predicted molar refractivity (Wildman–Crippen MR) is 219 cm³/mol. The zero-order valence-electron chi connectivity index (χ0n) is 31.2. The number of ketones is 2. The number of hydrogen-bond acceptors (Lipinski definition) is 16. The lowest BCUT2D eigenvalue weighted by atomic mass is 10.1. The number of carbonyl (C=O) groups excluding carboxylic acids is 4. The van der Waals surface area contributed by atoms with Gasteiger partial charge in [0.15, 0.2) is 44.8 Å². The van der Waals surface area contributed by atoms with E-state index in [9.17, 15) is 19.2 Å². The quantitative estimate of drug-likeness (QED) is 0.0385. The molecule has 2 N–H and O–H groups in total. The van der Waals surface area contributed by atoms with Crippen LogP contribution in [0, 0.1) is 0 Å². The van der Waals surface area contributed by atoms with Crippen molar-refractivity contribution in [3.63, 3.8) is 0 Å². The summed E-state index contributed by atoms with van der Waals surface area (Å²) < 4.78 is 34.1. The van der Waals surface area contributed by atoms with E-state index < -0.39 is 23.5 Å². The minimum Gasteiger partial charge on any atom is -0.497 e. The average molecular weight is 809 g/mol. The zero-order valence-corrected chi connectivity index (χ0v) is 32.8. The van der Waals surface area contributed by atoms with Crippen molar-refractivity contribution < 1.29 is 47.6 Å². The minimum atomic E-state index is -0.555. The molecule has 4 aromatic carbocycles. The van der Waals surface area contributed by atoms with Crippen LogP contribution in [-0.2, 0) is 19.2 Å². The molecule has 292 valence electrons. The molecule has 16 heteroatoms. The second kappa shape index (κ2) is 18.7. The van der Waals surface area contributed by atoms with Gasteiger partial charge in [-0.25, -0.2) is 19.6 Å². The molecule has 0 saturated heterocycles. The van der Waals surface area contributed by atoms with Crippen molar-refractivity contribution in [3.8, 4) is 34.5 Å². The molecule has 0 fully saturated rings. The van der Waals surface area contributed by atoms with Gasteiger partial charge in [-0.1, -0.05) is 47.0 Å². The SMILES string of the molecule is COc1ccc2nc(NCC(=O)Oc3ccc(/C=C/C(=O)CC(=O)/C=C/c4ccc(OC(=O)CNc5nc6ccc(OC)cc6s5)c(OC)c4)cc3OC)sc2c1. The summed E-state index contributed by atoms with van der Waals surface area (Å²) in [6.45, 7) is -0.259. The standard InChI is InChI=1S/C41H36N4O10S2/c1-50-28-11-13-30-36(20-28)56-40(44-30)42-22-38(48)54-32-15-7-24(17-34(32)52-3)5-9-26(46)19-27(47)10-6-25-8-16-33(35(18-25)53-4)55-39(49)23-43-41-45-31-14-12-29(51-2)21-37(31)57-41/h5-18,20-21H,19,22-23H2,1-4H3,(H,42,44)(H,43,45)/b9-5+,10-6+. The Kier molecular flexibility index (Phi) is 13.1. The maximum absolute atomic E-state index is 12.6. The van der Waals surface area contributed by atoms with Crippen LogP contribution in [0.4, 0.5) is 10.3 Å². The van der Waals surface area contributed by atoms with E-state index in [1.54, 1.807) is 50.6 Å². The monoisotopic (exact) mass is 808 g/mol. The van der Waals surface area contributed by atoms with Crippen molar-refractivity contribution in [1.82, 2.24) is 9.97 Å². The highest BCUT2D eigenvalue weighted by molar-refractivity contribution is 7.22. The Morgan fingerprint density at radius 1 is 0.561 bits per heavy atom. The first-order valence-electron chi connectivity index (χ1n) is 17.2. The minimum absolute atomic E-state index is 0.130. The second-order valence-electron chi connectivity index (χ2n) is 12.0. The number of aromatic nitrogens is 2. The molecule has 0 atom stereocenters. The Morgan fingerprint density at radius 2 is 1.00 bits per heavy atom. The van der Waals surface area contributed by atoms with Crippen molar-refractivity contribution in [1.29, 1.82) is 0 Å². The summed E-state index contributed by atoms with van der Waals surface area (Å²) in [5.74, 6) is 0.439. The molecule has 57 heavy (non-hydrogen) atoms. The number of carbonyl (C=O) groups is 4. The van der Waals surface area contributed by atoms with E-state index in [1.807, 2.05) is 36.4 Å². The summed E-state index contributed by atoms with van der Waals surface area (Å²) in [6.07, 6.45) is 5.29. The van der Waals surface area contributed by atoms with Gasteiger partial charge in [0.05, 0.1) is 55.3 Å². The number of esters is 2. The smallest absolute Gasteiger partial charge is 0.330 e. The third kappa shape index (κ3) is 10.7. The number of anilines is 2. The van der Waals surface area contributed by atoms with Gasteiger partial charge in [0.2, 0.25) is 0 Å². The van der Waals surface area contributed by atoms with E-state index in [1.165, 1.54) is 61.2 Å². The summed E-state index contributed by atoms with van der Waals surface area (Å²) in [5, 5.41) is 7.07. The topological polar surface area (TPSA) is 173 Å². The van der Waals surface area contributed by atoms with Crippen LogP contribution in [0.25, 0.3) is 32.6 Å². The fourth-order valence-corrected chi connectivity index (χ4v) is 7.02. The Hall–Kier alpha value is -6.78. The summed E-state index contributed by atoms with van der Waals surface area (Å²) in [6, 6.07) is 20.7. The lowest BCUT2D eigenvalue weighted by Crippen LogP contribution is -2.19. The van der Waals surface area contributed by atoms with Crippen molar-refractivity contribution in [2.24, 2.45) is 0 Å². The number of thiazole rings is 2. The van der Waals surface area contributed by atoms with Gasteiger partial charge in [0.25, 0.3) is 0 Å². The van der Waals surface area contributed by atoms with Gasteiger partial charge in [-0.3, -0.25) is 9.59 Å². The van der Waals surface area contributed by atoms with Crippen molar-refractivity contribution in [3.05, 3.63) is 96.1 Å². The van der Waals surface area contributed by atoms with Crippen LogP contribution in [0.2, 0.25) is 0 Å². The number of methoxy groups -OCH3 is 4. The summed E-state index contributed by atoms with van der Waals surface area (Å²) in [7, 11) is 6.05. The van der Waals surface area contributed by atoms with E-state index in [0.717, 1.165) is 20.4 Å². The number of allylic oxidation sites excluding steroid dienone is 2. The molecule has 14 nitrogen and oxygen atoms in total. The number of nitrogens with zero attached hydrogens (tertiary/aromatic N) is 2. The van der Waals surface area contributed by atoms with Crippen molar-refractivity contribution in [2.75, 3.05) is 52.2 Å². The molecule has 0 amide bonds. The molecular weight excluding hydrogens is 773 g/mol. The molecule has 0 aliphatic carbocycles. The molecule has 0 bridgehead atoms.